The Balaban J connectivity index is 1.82. The molecule has 0 N–H and O–H groups in total. The van der Waals surface area contributed by atoms with Gasteiger partial charge in [-0.2, -0.15) is 0 Å². The number of benzene rings is 1. The molecule has 1 aromatic rings. The summed E-state index contributed by atoms with van der Waals surface area (Å²) in [5, 5.41) is 0.210. The second-order valence-electron chi connectivity index (χ2n) is 12.2. The number of rotatable bonds is 7. The van der Waals surface area contributed by atoms with Crippen molar-refractivity contribution < 1.29 is 23.1 Å². The number of ether oxygens (including phenoxy) is 3. The average Bonchev–Trinajstić information content (AvgIpc) is 3.24. The molecule has 0 aromatic heterocycles. The summed E-state index contributed by atoms with van der Waals surface area (Å²) in [5.41, 5.74) is 0.911. The first kappa shape index (κ1) is 26.4. The fourth-order valence-electron chi connectivity index (χ4n) is 3.39. The van der Waals surface area contributed by atoms with Crippen LogP contribution in [0.4, 0.5) is 0 Å². The van der Waals surface area contributed by atoms with Gasteiger partial charge < -0.3 is 23.1 Å². The Hall–Kier alpha value is -1.20. The zero-order valence-corrected chi connectivity index (χ0v) is 24.3. The third kappa shape index (κ3) is 5.56. The maximum Gasteiger partial charge on any atom is 0.219 e. The zero-order valence-electron chi connectivity index (χ0n) is 22.3. The van der Waals surface area contributed by atoms with Gasteiger partial charge in [0, 0.05) is 5.56 Å². The van der Waals surface area contributed by atoms with Crippen LogP contribution in [0.3, 0.4) is 0 Å². The van der Waals surface area contributed by atoms with Gasteiger partial charge in [-0.15, -0.1) is 0 Å². The van der Waals surface area contributed by atoms with Gasteiger partial charge in [-0.05, 0) is 60.5 Å². The second kappa shape index (κ2) is 9.11. The van der Waals surface area contributed by atoms with E-state index in [9.17, 15) is 0 Å². The highest BCUT2D eigenvalue weighted by atomic mass is 28.4. The lowest BCUT2D eigenvalue weighted by molar-refractivity contribution is -0.0135. The van der Waals surface area contributed by atoms with Crippen LogP contribution in [-0.2, 0) is 18.3 Å². The molecule has 186 valence electrons. The zero-order chi connectivity index (χ0) is 24.8. The van der Waals surface area contributed by atoms with Crippen LogP contribution in [0.1, 0.15) is 47.1 Å². The fourth-order valence-corrected chi connectivity index (χ4v) is 5.72. The molecule has 2 aliphatic rings. The molecule has 0 bridgehead atoms. The molecule has 0 spiro atoms. The van der Waals surface area contributed by atoms with Gasteiger partial charge in [0.25, 0.3) is 0 Å². The van der Waals surface area contributed by atoms with Crippen molar-refractivity contribution in [3.63, 3.8) is 0 Å². The Kier molecular flexibility index (Phi) is 7.29. The predicted molar refractivity (Wildman–Crippen MR) is 138 cm³/mol. The molecule has 33 heavy (non-hydrogen) atoms. The van der Waals surface area contributed by atoms with Crippen molar-refractivity contribution in [2.45, 2.75) is 102 Å². The Morgan fingerprint density at radius 2 is 1.48 bits per heavy atom. The van der Waals surface area contributed by atoms with E-state index in [1.807, 2.05) is 24.3 Å². The maximum absolute atomic E-state index is 6.89. The van der Waals surface area contributed by atoms with E-state index in [1.165, 1.54) is 0 Å². The number of fused-ring (bicyclic) bond motifs is 1. The lowest BCUT2D eigenvalue weighted by atomic mass is 10.1. The van der Waals surface area contributed by atoms with Crippen LogP contribution in [-0.4, -0.2) is 60.8 Å². The van der Waals surface area contributed by atoms with Crippen LogP contribution in [0, 0.1) is 0 Å². The van der Waals surface area contributed by atoms with Gasteiger partial charge in [0.2, 0.25) is 5.90 Å². The number of nitrogens with zero attached hydrogens (tertiary/aromatic N) is 1. The molecular formula is C25H43NO5Si2. The third-order valence-corrected chi connectivity index (χ3v) is 16.7. The predicted octanol–water partition coefficient (Wildman–Crippen LogP) is 5.98. The van der Waals surface area contributed by atoms with Gasteiger partial charge in [-0.1, -0.05) is 41.5 Å². The van der Waals surface area contributed by atoms with Crippen molar-refractivity contribution in [2.24, 2.45) is 4.99 Å². The van der Waals surface area contributed by atoms with Crippen molar-refractivity contribution in [3.8, 4) is 5.75 Å². The number of hydrogen-bond donors (Lipinski definition) is 0. The summed E-state index contributed by atoms with van der Waals surface area (Å²) in [6, 6.07) is 7.74. The van der Waals surface area contributed by atoms with Crippen molar-refractivity contribution in [1.82, 2.24) is 0 Å². The summed E-state index contributed by atoms with van der Waals surface area (Å²) in [6.45, 7) is 23.1. The molecule has 8 heteroatoms. The lowest BCUT2D eigenvalue weighted by Gasteiger charge is -2.41. The molecule has 1 saturated heterocycles. The van der Waals surface area contributed by atoms with Crippen molar-refractivity contribution in [1.29, 1.82) is 0 Å². The van der Waals surface area contributed by atoms with Crippen LogP contribution in [0.25, 0.3) is 0 Å². The average molecular weight is 494 g/mol. The van der Waals surface area contributed by atoms with E-state index in [0.717, 1.165) is 11.3 Å². The maximum atomic E-state index is 6.89. The summed E-state index contributed by atoms with van der Waals surface area (Å²) >= 11 is 0. The molecule has 0 unspecified atom stereocenters. The van der Waals surface area contributed by atoms with Gasteiger partial charge in [0.1, 0.15) is 18.0 Å². The molecule has 0 aliphatic carbocycles. The van der Waals surface area contributed by atoms with Crippen molar-refractivity contribution in [3.05, 3.63) is 29.8 Å². The molecule has 2 heterocycles. The van der Waals surface area contributed by atoms with Gasteiger partial charge in [-0.25, -0.2) is 4.99 Å². The molecule has 0 amide bonds. The summed E-state index contributed by atoms with van der Waals surface area (Å²) in [6.07, 6.45) is -1.08. The van der Waals surface area contributed by atoms with E-state index in [2.05, 4.69) is 67.7 Å². The SMILES string of the molecule is COc1ccc(C2=N[C@@H]3O[C@H](CO[Si](C)(C)C(C)(C)C)[C@@H](O[Si](C)(C)C(C)(C)C)[C@@H]3O2)cc1. The van der Waals surface area contributed by atoms with Crippen LogP contribution in [0.15, 0.2) is 29.3 Å². The minimum atomic E-state index is -2.07. The minimum absolute atomic E-state index is 0.0776. The van der Waals surface area contributed by atoms with Gasteiger partial charge >= 0.3 is 0 Å². The first-order valence-electron chi connectivity index (χ1n) is 11.9. The number of aliphatic imine (C=N–C) groups is 1. The van der Waals surface area contributed by atoms with E-state index >= 15 is 0 Å². The Bertz CT molecular complexity index is 855. The first-order valence-corrected chi connectivity index (χ1v) is 17.7. The van der Waals surface area contributed by atoms with Gasteiger partial charge in [0.15, 0.2) is 29.0 Å². The minimum Gasteiger partial charge on any atom is -0.497 e. The van der Waals surface area contributed by atoms with Crippen LogP contribution in [0.2, 0.25) is 36.3 Å². The summed E-state index contributed by atoms with van der Waals surface area (Å²) < 4.78 is 31.5. The topological polar surface area (TPSA) is 58.5 Å². The van der Waals surface area contributed by atoms with Crippen molar-refractivity contribution in [2.75, 3.05) is 13.7 Å². The fraction of sp³-hybridized carbons (Fsp3) is 0.720. The van der Waals surface area contributed by atoms with E-state index in [-0.39, 0.29) is 34.6 Å². The van der Waals surface area contributed by atoms with E-state index in [1.54, 1.807) is 7.11 Å². The summed E-state index contributed by atoms with van der Waals surface area (Å²) in [5.74, 6) is 1.40. The largest absolute Gasteiger partial charge is 0.497 e. The van der Waals surface area contributed by atoms with E-state index in [0.29, 0.717) is 12.5 Å². The first-order chi connectivity index (χ1) is 15.1. The molecule has 3 rings (SSSR count). The molecule has 0 radical (unpaired) electrons. The molecule has 2 aliphatic heterocycles. The normalized spacial score (nSPS) is 26.1. The second-order valence-corrected chi connectivity index (χ2v) is 21.8. The number of hydrogen-bond acceptors (Lipinski definition) is 6. The molecule has 6 nitrogen and oxygen atoms in total. The Morgan fingerprint density at radius 1 is 0.909 bits per heavy atom. The monoisotopic (exact) mass is 493 g/mol. The molecular weight excluding hydrogens is 450 g/mol. The molecule has 1 fully saturated rings. The highest BCUT2D eigenvalue weighted by molar-refractivity contribution is 6.74. The van der Waals surface area contributed by atoms with Gasteiger partial charge in [0.05, 0.1) is 13.7 Å². The van der Waals surface area contributed by atoms with Crippen LogP contribution in [0.5, 0.6) is 5.75 Å². The van der Waals surface area contributed by atoms with Gasteiger partial charge in [-0.3, -0.25) is 0 Å². The van der Waals surface area contributed by atoms with Crippen LogP contribution < -0.4 is 4.74 Å². The summed E-state index contributed by atoms with van der Waals surface area (Å²) in [4.78, 5) is 4.78. The Morgan fingerprint density at radius 3 is 2.00 bits per heavy atom. The van der Waals surface area contributed by atoms with E-state index < -0.39 is 16.6 Å². The summed E-state index contributed by atoms with van der Waals surface area (Å²) in [7, 11) is -2.33. The highest BCUT2D eigenvalue weighted by Gasteiger charge is 2.54. The standard InChI is InChI=1S/C25H43NO5Si2/c1-24(2,3)32(8,9)28-16-19-20(31-33(10,11)25(4,5)6)21-23(29-19)26-22(30-21)17-12-14-18(27-7)15-13-17/h12-15,19-21,23H,16H2,1-11H3/t19-,20-,21+,23-/m1/s1. The van der Waals surface area contributed by atoms with Crippen LogP contribution >= 0.6 is 0 Å². The number of methoxy groups -OCH3 is 1. The smallest absolute Gasteiger partial charge is 0.219 e. The quantitative estimate of drug-likeness (QED) is 0.438. The van der Waals surface area contributed by atoms with E-state index in [4.69, 9.17) is 28.1 Å². The third-order valence-electron chi connectivity index (χ3n) is 7.77. The Labute approximate surface area is 202 Å². The van der Waals surface area contributed by atoms with Crippen molar-refractivity contribution >= 4 is 22.5 Å². The molecule has 4 atom stereocenters. The molecule has 1 aromatic carbocycles. The highest BCUT2D eigenvalue weighted by Crippen LogP contribution is 2.43. The lowest BCUT2D eigenvalue weighted by Crippen LogP contribution is -2.51. The molecule has 0 saturated carbocycles.